The number of aryl methyl sites for hydroxylation is 2. The highest BCUT2D eigenvalue weighted by Crippen LogP contribution is 2.34. The Bertz CT molecular complexity index is 600. The van der Waals surface area contributed by atoms with Crippen molar-refractivity contribution in [3.05, 3.63) is 16.5 Å². The third-order valence-corrected chi connectivity index (χ3v) is 5.77. The number of thiophene rings is 1. The van der Waals surface area contributed by atoms with Gasteiger partial charge in [-0.15, -0.1) is 16.4 Å². The summed E-state index contributed by atoms with van der Waals surface area (Å²) in [5, 5.41) is 7.52. The summed E-state index contributed by atoms with van der Waals surface area (Å²) < 4.78 is 0. The Morgan fingerprint density at radius 2 is 2.05 bits per heavy atom. The lowest BCUT2D eigenvalue weighted by molar-refractivity contribution is 0.496. The zero-order valence-electron chi connectivity index (χ0n) is 12.1. The number of aromatic amines is 1. The van der Waals surface area contributed by atoms with E-state index in [1.165, 1.54) is 41.0 Å². The number of hydrogen-bond donors (Lipinski definition) is 2. The molecule has 0 spiro atoms. The highest BCUT2D eigenvalue weighted by molar-refractivity contribution is 7.15. The Balaban J connectivity index is 1.55. The molecule has 3 heterocycles. The number of aromatic nitrogens is 3. The van der Waals surface area contributed by atoms with Crippen LogP contribution in [0.1, 0.15) is 36.1 Å². The van der Waals surface area contributed by atoms with Crippen molar-refractivity contribution in [2.24, 2.45) is 5.73 Å². The summed E-state index contributed by atoms with van der Waals surface area (Å²) >= 11 is 1.88. The minimum Gasteiger partial charge on any atom is -0.339 e. The van der Waals surface area contributed by atoms with Gasteiger partial charge in [-0.25, -0.2) is 0 Å². The molecule has 1 saturated heterocycles. The molecule has 2 aliphatic rings. The van der Waals surface area contributed by atoms with E-state index in [-0.39, 0.29) is 0 Å². The van der Waals surface area contributed by atoms with Gasteiger partial charge in [-0.3, -0.25) is 5.10 Å². The minimum atomic E-state index is 0.337. The van der Waals surface area contributed by atoms with Gasteiger partial charge in [0.2, 0.25) is 5.95 Å². The molecule has 0 atom stereocenters. The van der Waals surface area contributed by atoms with Crippen molar-refractivity contribution in [3.8, 4) is 10.7 Å². The van der Waals surface area contributed by atoms with Crippen LogP contribution in [0.2, 0.25) is 0 Å². The Hall–Kier alpha value is -1.40. The number of piperidine rings is 1. The normalized spacial score (nSPS) is 19.8. The molecule has 21 heavy (non-hydrogen) atoms. The van der Waals surface area contributed by atoms with Crippen LogP contribution in [0.25, 0.3) is 10.7 Å². The van der Waals surface area contributed by atoms with Crippen molar-refractivity contribution in [1.82, 2.24) is 15.2 Å². The van der Waals surface area contributed by atoms with E-state index >= 15 is 0 Å². The highest BCUT2D eigenvalue weighted by atomic mass is 32.1. The lowest BCUT2D eigenvalue weighted by Crippen LogP contribution is -2.40. The van der Waals surface area contributed by atoms with Crippen molar-refractivity contribution in [3.63, 3.8) is 0 Å². The highest BCUT2D eigenvalue weighted by Gasteiger charge is 2.21. The molecule has 6 heteroatoms. The molecule has 0 unspecified atom stereocenters. The van der Waals surface area contributed by atoms with Crippen LogP contribution >= 0.6 is 11.3 Å². The first-order chi connectivity index (χ1) is 10.3. The first-order valence-corrected chi connectivity index (χ1v) is 8.66. The van der Waals surface area contributed by atoms with Crippen molar-refractivity contribution in [1.29, 1.82) is 0 Å². The van der Waals surface area contributed by atoms with Crippen LogP contribution in [-0.2, 0) is 12.8 Å². The fourth-order valence-corrected chi connectivity index (χ4v) is 4.40. The predicted molar refractivity (Wildman–Crippen MR) is 85.8 cm³/mol. The Labute approximate surface area is 128 Å². The van der Waals surface area contributed by atoms with E-state index in [0.29, 0.717) is 6.04 Å². The van der Waals surface area contributed by atoms with Crippen LogP contribution in [0, 0.1) is 0 Å². The third kappa shape index (κ3) is 2.58. The second-order valence-corrected chi connectivity index (χ2v) is 7.21. The number of rotatable bonds is 2. The summed E-state index contributed by atoms with van der Waals surface area (Å²) in [7, 11) is 0. The maximum absolute atomic E-state index is 5.95. The monoisotopic (exact) mass is 303 g/mol. The van der Waals surface area contributed by atoms with Gasteiger partial charge in [0, 0.05) is 24.0 Å². The van der Waals surface area contributed by atoms with Gasteiger partial charge in [-0.1, -0.05) is 0 Å². The maximum atomic E-state index is 5.95. The average molecular weight is 303 g/mol. The van der Waals surface area contributed by atoms with Crippen LogP contribution in [0.3, 0.4) is 0 Å². The van der Waals surface area contributed by atoms with Gasteiger partial charge >= 0.3 is 0 Å². The van der Waals surface area contributed by atoms with Crippen LogP contribution in [0.15, 0.2) is 6.07 Å². The van der Waals surface area contributed by atoms with Gasteiger partial charge in [0.15, 0.2) is 5.82 Å². The zero-order chi connectivity index (χ0) is 14.2. The number of anilines is 1. The molecule has 2 aromatic heterocycles. The number of H-pyrrole nitrogens is 1. The van der Waals surface area contributed by atoms with E-state index in [1.807, 2.05) is 11.3 Å². The van der Waals surface area contributed by atoms with E-state index in [1.54, 1.807) is 0 Å². The topological polar surface area (TPSA) is 70.8 Å². The standard InChI is InChI=1S/C15H21N5S/c16-11-5-7-20(8-6-11)15-17-14(18-19-15)13-9-10-3-1-2-4-12(10)21-13/h9,11H,1-8,16H2,(H,17,18,19). The first kappa shape index (κ1) is 13.3. The molecule has 2 aromatic rings. The van der Waals surface area contributed by atoms with Crippen LogP contribution in [0.5, 0.6) is 0 Å². The fraction of sp³-hybridized carbons (Fsp3) is 0.600. The molecule has 1 aliphatic heterocycles. The Kier molecular flexibility index (Phi) is 3.43. The molecule has 5 nitrogen and oxygen atoms in total. The van der Waals surface area contributed by atoms with Crippen molar-refractivity contribution >= 4 is 17.3 Å². The Morgan fingerprint density at radius 3 is 2.86 bits per heavy atom. The summed E-state index contributed by atoms with van der Waals surface area (Å²) in [5.74, 6) is 1.74. The second-order valence-electron chi connectivity index (χ2n) is 6.07. The van der Waals surface area contributed by atoms with Crippen LogP contribution in [-0.4, -0.2) is 34.3 Å². The quantitative estimate of drug-likeness (QED) is 0.893. The van der Waals surface area contributed by atoms with Gasteiger partial charge in [0.1, 0.15) is 0 Å². The van der Waals surface area contributed by atoms with Crippen molar-refractivity contribution < 1.29 is 0 Å². The summed E-state index contributed by atoms with van der Waals surface area (Å²) in [4.78, 5) is 9.71. The van der Waals surface area contributed by atoms with Crippen LogP contribution < -0.4 is 10.6 Å². The summed E-state index contributed by atoms with van der Waals surface area (Å²) in [5.41, 5.74) is 7.47. The lowest BCUT2D eigenvalue weighted by Gasteiger charge is -2.28. The van der Waals surface area contributed by atoms with Gasteiger partial charge in [-0.2, -0.15) is 4.98 Å². The summed E-state index contributed by atoms with van der Waals surface area (Å²) in [6, 6.07) is 2.64. The molecule has 0 saturated carbocycles. The molecule has 0 bridgehead atoms. The smallest absolute Gasteiger partial charge is 0.245 e. The molecular weight excluding hydrogens is 282 g/mol. The van der Waals surface area contributed by atoms with E-state index in [4.69, 9.17) is 10.7 Å². The SMILES string of the molecule is NC1CCN(c2n[nH]c(-c3cc4c(s3)CCCC4)n2)CC1. The zero-order valence-corrected chi connectivity index (χ0v) is 13.0. The molecule has 0 radical (unpaired) electrons. The molecule has 0 amide bonds. The minimum absolute atomic E-state index is 0.337. The van der Waals surface area contributed by atoms with E-state index in [2.05, 4.69) is 21.2 Å². The van der Waals surface area contributed by atoms with Gasteiger partial charge in [-0.05, 0) is 50.2 Å². The Morgan fingerprint density at radius 1 is 1.24 bits per heavy atom. The predicted octanol–water partition coefficient (Wildman–Crippen LogP) is 2.34. The molecule has 0 aromatic carbocycles. The number of fused-ring (bicyclic) bond motifs is 1. The van der Waals surface area contributed by atoms with E-state index < -0.39 is 0 Å². The number of nitrogens with one attached hydrogen (secondary N) is 1. The average Bonchev–Trinajstić information content (AvgIpc) is 3.14. The molecule has 1 aliphatic carbocycles. The van der Waals surface area contributed by atoms with E-state index in [9.17, 15) is 0 Å². The largest absolute Gasteiger partial charge is 0.339 e. The number of nitrogens with two attached hydrogens (primary N) is 1. The molecule has 1 fully saturated rings. The van der Waals surface area contributed by atoms with E-state index in [0.717, 1.165) is 37.7 Å². The van der Waals surface area contributed by atoms with Gasteiger partial charge in [0.25, 0.3) is 0 Å². The maximum Gasteiger partial charge on any atom is 0.245 e. The van der Waals surface area contributed by atoms with Crippen LogP contribution in [0.4, 0.5) is 5.95 Å². The fourth-order valence-electron chi connectivity index (χ4n) is 3.21. The van der Waals surface area contributed by atoms with Gasteiger partial charge in [0.05, 0.1) is 4.88 Å². The molecular formula is C15H21N5S. The molecule has 112 valence electrons. The first-order valence-electron chi connectivity index (χ1n) is 7.84. The van der Waals surface area contributed by atoms with Crippen molar-refractivity contribution in [2.75, 3.05) is 18.0 Å². The lowest BCUT2D eigenvalue weighted by atomic mass is 9.99. The third-order valence-electron chi connectivity index (χ3n) is 4.53. The summed E-state index contributed by atoms with van der Waals surface area (Å²) in [6.07, 6.45) is 7.14. The number of nitrogens with zero attached hydrogens (tertiary/aromatic N) is 3. The molecule has 3 N–H and O–H groups in total. The number of hydrogen-bond acceptors (Lipinski definition) is 5. The van der Waals surface area contributed by atoms with Crippen molar-refractivity contribution in [2.45, 2.75) is 44.6 Å². The summed E-state index contributed by atoms with van der Waals surface area (Å²) in [6.45, 7) is 1.92. The second kappa shape index (κ2) is 5.42. The molecule has 4 rings (SSSR count). The van der Waals surface area contributed by atoms with Gasteiger partial charge < -0.3 is 10.6 Å².